The summed E-state index contributed by atoms with van der Waals surface area (Å²) >= 11 is 0. The van der Waals surface area contributed by atoms with Crippen molar-refractivity contribution in [2.45, 2.75) is 39.0 Å². The first kappa shape index (κ1) is 11.3. The Bertz CT molecular complexity index is 675. The molecule has 0 heteroatoms. The quantitative estimate of drug-likeness (QED) is 0.588. The maximum Gasteiger partial charge on any atom is -0.0146 e. The summed E-state index contributed by atoms with van der Waals surface area (Å²) in [5.74, 6) is 0.890. The molecule has 0 aliphatic heterocycles. The van der Waals surface area contributed by atoms with Gasteiger partial charge >= 0.3 is 0 Å². The molecule has 2 aliphatic rings. The molecular weight excluding hydrogens is 228 g/mol. The van der Waals surface area contributed by atoms with Crippen LogP contribution in [0.1, 0.15) is 43.7 Å². The summed E-state index contributed by atoms with van der Waals surface area (Å²) in [5.41, 5.74) is 6.60. The zero-order valence-electron chi connectivity index (χ0n) is 11.6. The number of aryl methyl sites for hydroxylation is 1. The topological polar surface area (TPSA) is 0 Å². The third-order valence-corrected chi connectivity index (χ3v) is 4.95. The van der Waals surface area contributed by atoms with Crippen LogP contribution in [0.15, 0.2) is 42.0 Å². The summed E-state index contributed by atoms with van der Waals surface area (Å²) in [6.07, 6.45) is 6.53. The van der Waals surface area contributed by atoms with Gasteiger partial charge in [0.25, 0.3) is 0 Å². The van der Waals surface area contributed by atoms with Crippen LogP contribution in [0.4, 0.5) is 0 Å². The number of benzene rings is 2. The minimum atomic E-state index is 0.890. The van der Waals surface area contributed by atoms with Gasteiger partial charge in [-0.15, -0.1) is 0 Å². The second-order valence-corrected chi connectivity index (χ2v) is 6.24. The van der Waals surface area contributed by atoms with Crippen molar-refractivity contribution in [1.29, 1.82) is 0 Å². The lowest BCUT2D eigenvalue weighted by Crippen LogP contribution is -2.13. The summed E-state index contributed by atoms with van der Waals surface area (Å²) in [5, 5.41) is 2.87. The van der Waals surface area contributed by atoms with Crippen LogP contribution < -0.4 is 0 Å². The van der Waals surface area contributed by atoms with Crippen LogP contribution in [-0.2, 0) is 6.42 Å². The van der Waals surface area contributed by atoms with E-state index in [0.29, 0.717) is 0 Å². The Labute approximate surface area is 115 Å². The van der Waals surface area contributed by atoms with Gasteiger partial charge in [0.05, 0.1) is 0 Å². The average Bonchev–Trinajstić information content (AvgIpc) is 2.46. The Hall–Kier alpha value is -1.56. The molecule has 2 aliphatic carbocycles. The van der Waals surface area contributed by atoms with Crippen molar-refractivity contribution in [1.82, 2.24) is 0 Å². The normalized spacial score (nSPS) is 22.3. The van der Waals surface area contributed by atoms with E-state index < -0.39 is 0 Å². The van der Waals surface area contributed by atoms with Crippen LogP contribution in [0.2, 0.25) is 0 Å². The minimum Gasteiger partial charge on any atom is -0.0658 e. The second-order valence-electron chi connectivity index (χ2n) is 6.24. The smallest absolute Gasteiger partial charge is 0.0146 e. The van der Waals surface area contributed by atoms with E-state index in [9.17, 15) is 0 Å². The molecule has 4 rings (SSSR count). The van der Waals surface area contributed by atoms with Gasteiger partial charge in [-0.05, 0) is 65.5 Å². The molecule has 0 bridgehead atoms. The van der Waals surface area contributed by atoms with Crippen molar-refractivity contribution < 1.29 is 0 Å². The van der Waals surface area contributed by atoms with Gasteiger partial charge in [-0.1, -0.05) is 48.9 Å². The first-order valence-electron chi connectivity index (χ1n) is 7.55. The number of hydrogen-bond donors (Lipinski definition) is 0. The van der Waals surface area contributed by atoms with E-state index in [1.54, 1.807) is 22.3 Å². The standard InChI is InChI=1S/C19H20/c1-13-6-9-17-15(12-13)8-11-18-16-5-3-2-4-14(16)7-10-19(17)18/h2-5,7,10,13H,6,8-9,11-12H2,1H3. The molecule has 1 unspecified atom stereocenters. The van der Waals surface area contributed by atoms with Crippen molar-refractivity contribution in [2.24, 2.45) is 5.92 Å². The van der Waals surface area contributed by atoms with Gasteiger partial charge in [0.15, 0.2) is 0 Å². The predicted octanol–water partition coefficient (Wildman–Crippen LogP) is 5.36. The van der Waals surface area contributed by atoms with Gasteiger partial charge in [0, 0.05) is 0 Å². The third-order valence-electron chi connectivity index (χ3n) is 4.95. The maximum atomic E-state index is 2.40. The van der Waals surface area contributed by atoms with Gasteiger partial charge < -0.3 is 0 Å². The number of allylic oxidation sites excluding steroid dienone is 2. The molecular formula is C19H20. The molecule has 0 fully saturated rings. The Balaban J connectivity index is 1.94. The van der Waals surface area contributed by atoms with E-state index in [2.05, 4.69) is 43.3 Å². The Kier molecular flexibility index (Phi) is 2.51. The summed E-state index contributed by atoms with van der Waals surface area (Å²) in [4.78, 5) is 0. The molecule has 2 aromatic carbocycles. The van der Waals surface area contributed by atoms with Crippen molar-refractivity contribution in [3.05, 3.63) is 53.1 Å². The molecule has 0 nitrogen and oxygen atoms in total. The molecule has 0 N–H and O–H groups in total. The zero-order valence-corrected chi connectivity index (χ0v) is 11.6. The summed E-state index contributed by atoms with van der Waals surface area (Å²) in [6, 6.07) is 13.5. The molecule has 0 heterocycles. The third kappa shape index (κ3) is 1.74. The highest BCUT2D eigenvalue weighted by molar-refractivity contribution is 5.91. The van der Waals surface area contributed by atoms with Crippen LogP contribution in [-0.4, -0.2) is 0 Å². The van der Waals surface area contributed by atoms with Gasteiger partial charge in [-0.25, -0.2) is 0 Å². The molecule has 0 spiro atoms. The molecule has 0 amide bonds. The zero-order chi connectivity index (χ0) is 12.8. The highest BCUT2D eigenvalue weighted by Crippen LogP contribution is 2.43. The van der Waals surface area contributed by atoms with E-state index in [0.717, 1.165) is 5.92 Å². The molecule has 2 aromatic rings. The summed E-state index contributed by atoms with van der Waals surface area (Å²) < 4.78 is 0. The number of hydrogen-bond acceptors (Lipinski definition) is 0. The van der Waals surface area contributed by atoms with Crippen LogP contribution >= 0.6 is 0 Å². The monoisotopic (exact) mass is 248 g/mol. The number of rotatable bonds is 0. The minimum absolute atomic E-state index is 0.890. The largest absolute Gasteiger partial charge is 0.0658 e. The highest BCUT2D eigenvalue weighted by atomic mass is 14.3. The lowest BCUT2D eigenvalue weighted by atomic mass is 9.74. The summed E-state index contributed by atoms with van der Waals surface area (Å²) in [6.45, 7) is 2.40. The van der Waals surface area contributed by atoms with Crippen molar-refractivity contribution >= 4 is 16.3 Å². The molecule has 0 radical (unpaired) electrons. The molecule has 96 valence electrons. The highest BCUT2D eigenvalue weighted by Gasteiger charge is 2.24. The van der Waals surface area contributed by atoms with Gasteiger partial charge in [0.1, 0.15) is 0 Å². The first-order valence-corrected chi connectivity index (χ1v) is 7.55. The predicted molar refractivity (Wildman–Crippen MR) is 82.2 cm³/mol. The van der Waals surface area contributed by atoms with Crippen molar-refractivity contribution in [3.8, 4) is 0 Å². The molecule has 0 saturated heterocycles. The molecule has 0 aromatic heterocycles. The van der Waals surface area contributed by atoms with Gasteiger partial charge in [-0.3, -0.25) is 0 Å². The lowest BCUT2D eigenvalue weighted by Gasteiger charge is -2.31. The van der Waals surface area contributed by atoms with Crippen LogP contribution in [0.25, 0.3) is 16.3 Å². The van der Waals surface area contributed by atoms with E-state index >= 15 is 0 Å². The second kappa shape index (κ2) is 4.23. The Morgan fingerprint density at radius 2 is 1.84 bits per heavy atom. The Morgan fingerprint density at radius 3 is 2.79 bits per heavy atom. The van der Waals surface area contributed by atoms with E-state index in [4.69, 9.17) is 0 Å². The van der Waals surface area contributed by atoms with E-state index in [-0.39, 0.29) is 0 Å². The van der Waals surface area contributed by atoms with E-state index in [1.165, 1.54) is 42.9 Å². The fourth-order valence-corrected chi connectivity index (χ4v) is 3.96. The fourth-order valence-electron chi connectivity index (χ4n) is 3.96. The first-order chi connectivity index (χ1) is 9.33. The number of fused-ring (bicyclic) bond motifs is 4. The molecule has 19 heavy (non-hydrogen) atoms. The average molecular weight is 248 g/mol. The fraction of sp³-hybridized carbons (Fsp3) is 0.368. The van der Waals surface area contributed by atoms with Crippen molar-refractivity contribution in [2.75, 3.05) is 0 Å². The van der Waals surface area contributed by atoms with Crippen LogP contribution in [0.5, 0.6) is 0 Å². The molecule has 0 saturated carbocycles. The van der Waals surface area contributed by atoms with E-state index in [1.807, 2.05) is 0 Å². The molecule has 1 atom stereocenters. The van der Waals surface area contributed by atoms with Gasteiger partial charge in [-0.2, -0.15) is 0 Å². The lowest BCUT2D eigenvalue weighted by molar-refractivity contribution is 0.504. The van der Waals surface area contributed by atoms with Gasteiger partial charge in [0.2, 0.25) is 0 Å². The summed E-state index contributed by atoms with van der Waals surface area (Å²) in [7, 11) is 0. The van der Waals surface area contributed by atoms with Crippen LogP contribution in [0.3, 0.4) is 0 Å². The Morgan fingerprint density at radius 1 is 0.947 bits per heavy atom. The van der Waals surface area contributed by atoms with Crippen molar-refractivity contribution in [3.63, 3.8) is 0 Å². The maximum absolute atomic E-state index is 2.40. The van der Waals surface area contributed by atoms with Crippen LogP contribution in [0, 0.1) is 5.92 Å². The SMILES string of the molecule is CC1CCC2=C(CCc3c2ccc2ccccc32)C1.